The third-order valence-corrected chi connectivity index (χ3v) is 6.41. The molecule has 1 unspecified atom stereocenters. The second kappa shape index (κ2) is 9.98. The molecular formula is C28H27N5O2. The van der Waals surface area contributed by atoms with Crippen molar-refractivity contribution < 1.29 is 9.53 Å². The molecular weight excluding hydrogens is 438 g/mol. The molecule has 0 bridgehead atoms. The molecule has 35 heavy (non-hydrogen) atoms. The Bertz CT molecular complexity index is 1270. The number of ether oxygens (including phenoxy) is 1. The third-order valence-electron chi connectivity index (χ3n) is 6.41. The number of carbonyl (C=O) groups excluding carboxylic acids is 1. The van der Waals surface area contributed by atoms with E-state index >= 15 is 0 Å². The minimum absolute atomic E-state index is 0.154. The number of hydrogen-bond donors (Lipinski definition) is 1. The Hall–Kier alpha value is -4.18. The van der Waals surface area contributed by atoms with Crippen molar-refractivity contribution >= 4 is 17.8 Å². The van der Waals surface area contributed by atoms with E-state index in [1.807, 2.05) is 35.2 Å². The maximum absolute atomic E-state index is 12.7. The smallest absolute Gasteiger partial charge is 0.321 e. The van der Waals surface area contributed by atoms with Crippen molar-refractivity contribution in [1.29, 1.82) is 5.26 Å². The Morgan fingerprint density at radius 1 is 1.14 bits per heavy atom. The highest BCUT2D eigenvalue weighted by Crippen LogP contribution is 2.39. The first-order valence-electron chi connectivity index (χ1n) is 11.9. The number of rotatable bonds is 5. The molecule has 2 fully saturated rings. The summed E-state index contributed by atoms with van der Waals surface area (Å²) in [4.78, 5) is 23.0. The third kappa shape index (κ3) is 5.67. The largest absolute Gasteiger partial charge is 0.456 e. The fourth-order valence-electron chi connectivity index (χ4n) is 4.28. The zero-order valence-electron chi connectivity index (χ0n) is 19.6. The molecule has 1 aliphatic heterocycles. The van der Waals surface area contributed by atoms with Crippen molar-refractivity contribution in [2.45, 2.75) is 32.1 Å². The lowest BCUT2D eigenvalue weighted by Crippen LogP contribution is -2.42. The molecule has 7 heteroatoms. The van der Waals surface area contributed by atoms with Gasteiger partial charge in [0.25, 0.3) is 0 Å². The van der Waals surface area contributed by atoms with Crippen molar-refractivity contribution in [3.8, 4) is 17.6 Å². The van der Waals surface area contributed by atoms with Crippen LogP contribution in [-0.4, -0.2) is 34.0 Å². The molecule has 1 saturated carbocycles. The number of benzene rings is 1. The normalized spacial score (nSPS) is 18.7. The summed E-state index contributed by atoms with van der Waals surface area (Å²) in [6, 6.07) is 17.2. The second-order valence-corrected chi connectivity index (χ2v) is 9.16. The lowest BCUT2D eigenvalue weighted by atomic mass is 9.91. The van der Waals surface area contributed by atoms with Gasteiger partial charge < -0.3 is 15.0 Å². The maximum Gasteiger partial charge on any atom is 0.321 e. The van der Waals surface area contributed by atoms with E-state index in [-0.39, 0.29) is 11.9 Å². The molecule has 1 N–H and O–H groups in total. The van der Waals surface area contributed by atoms with E-state index in [0.717, 1.165) is 29.2 Å². The van der Waals surface area contributed by atoms with Gasteiger partial charge in [-0.25, -0.2) is 9.78 Å². The Balaban J connectivity index is 1.19. The van der Waals surface area contributed by atoms with E-state index in [1.54, 1.807) is 18.3 Å². The lowest BCUT2D eigenvalue weighted by Gasteiger charge is -2.33. The molecule has 1 atom stereocenters. The number of amides is 2. The molecule has 7 nitrogen and oxygen atoms in total. The summed E-state index contributed by atoms with van der Waals surface area (Å²) in [5.41, 5.74) is 4.44. The molecule has 1 aliphatic carbocycles. The average Bonchev–Trinajstić information content (AvgIpc) is 3.72. The number of carbonyl (C=O) groups is 1. The molecule has 2 amide bonds. The van der Waals surface area contributed by atoms with Crippen LogP contribution >= 0.6 is 0 Å². The number of anilines is 1. The number of nitrogens with one attached hydrogen (secondary N) is 1. The fourth-order valence-corrected chi connectivity index (χ4v) is 4.28. The van der Waals surface area contributed by atoms with E-state index in [1.165, 1.54) is 24.6 Å². The zero-order chi connectivity index (χ0) is 24.2. The minimum atomic E-state index is -0.154. The summed E-state index contributed by atoms with van der Waals surface area (Å²) in [5.74, 6) is 2.38. The van der Waals surface area contributed by atoms with Crippen LogP contribution in [0.25, 0.3) is 6.08 Å². The van der Waals surface area contributed by atoms with Gasteiger partial charge in [-0.3, -0.25) is 4.98 Å². The van der Waals surface area contributed by atoms with Gasteiger partial charge in [-0.1, -0.05) is 30.7 Å². The van der Waals surface area contributed by atoms with E-state index in [4.69, 9.17) is 10.00 Å². The van der Waals surface area contributed by atoms with Crippen molar-refractivity contribution in [2.75, 3.05) is 18.4 Å². The molecule has 0 radical (unpaired) electrons. The molecule has 3 heterocycles. The summed E-state index contributed by atoms with van der Waals surface area (Å²) in [6.07, 6.45) is 8.78. The first kappa shape index (κ1) is 22.6. The molecule has 3 aromatic rings. The van der Waals surface area contributed by atoms with Crippen LogP contribution in [-0.2, 0) is 0 Å². The Kier molecular flexibility index (Phi) is 6.44. The monoisotopic (exact) mass is 465 g/mol. The molecule has 0 spiro atoms. The summed E-state index contributed by atoms with van der Waals surface area (Å²) in [5, 5.41) is 11.7. The van der Waals surface area contributed by atoms with E-state index < -0.39 is 0 Å². The molecule has 1 aromatic carbocycles. The number of piperidine rings is 1. The van der Waals surface area contributed by atoms with Crippen LogP contribution < -0.4 is 10.1 Å². The van der Waals surface area contributed by atoms with Crippen molar-refractivity contribution in [3.63, 3.8) is 0 Å². The van der Waals surface area contributed by atoms with Crippen LogP contribution in [0.2, 0.25) is 0 Å². The molecule has 2 aliphatic rings. The molecule has 1 saturated heterocycles. The van der Waals surface area contributed by atoms with Crippen LogP contribution in [0.15, 0.2) is 66.5 Å². The summed E-state index contributed by atoms with van der Waals surface area (Å²) < 4.78 is 6.03. The highest BCUT2D eigenvalue weighted by Gasteiger charge is 2.25. The number of aromatic nitrogens is 2. The van der Waals surface area contributed by atoms with E-state index in [0.29, 0.717) is 30.4 Å². The predicted octanol–water partition coefficient (Wildman–Crippen LogP) is 5.98. The Labute approximate surface area is 205 Å². The van der Waals surface area contributed by atoms with Crippen molar-refractivity contribution in [2.24, 2.45) is 5.92 Å². The quantitative estimate of drug-likeness (QED) is 0.501. The zero-order valence-corrected chi connectivity index (χ0v) is 19.6. The van der Waals surface area contributed by atoms with Crippen molar-refractivity contribution in [1.82, 2.24) is 14.9 Å². The first-order valence-corrected chi connectivity index (χ1v) is 11.9. The average molecular weight is 466 g/mol. The van der Waals surface area contributed by atoms with Crippen molar-refractivity contribution in [3.05, 3.63) is 83.4 Å². The highest BCUT2D eigenvalue weighted by molar-refractivity contribution is 5.89. The predicted molar refractivity (Wildman–Crippen MR) is 134 cm³/mol. The number of nitriles is 1. The van der Waals surface area contributed by atoms with E-state index in [9.17, 15) is 4.79 Å². The topological polar surface area (TPSA) is 91.1 Å². The number of nitrogens with zero attached hydrogens (tertiary/aromatic N) is 4. The van der Waals surface area contributed by atoms with Crippen LogP contribution in [0, 0.1) is 17.2 Å². The first-order chi connectivity index (χ1) is 17.1. The van der Waals surface area contributed by atoms with Gasteiger partial charge in [-0.15, -0.1) is 0 Å². The highest BCUT2D eigenvalue weighted by atomic mass is 16.5. The van der Waals surface area contributed by atoms with Crippen LogP contribution in [0.4, 0.5) is 10.5 Å². The second-order valence-electron chi connectivity index (χ2n) is 9.16. The summed E-state index contributed by atoms with van der Waals surface area (Å²) >= 11 is 0. The van der Waals surface area contributed by atoms with Gasteiger partial charge in [0.15, 0.2) is 0 Å². The number of urea groups is 1. The maximum atomic E-state index is 12.7. The van der Waals surface area contributed by atoms with Gasteiger partial charge in [-0.2, -0.15) is 5.26 Å². The standard InChI is InChI=1S/C28H27N5O2/c1-19-18-33(28(34)32-24-8-7-23(15-29)30-16-24)12-11-22(19)13-20-3-2-4-25(14-20)35-26-9-10-27(31-17-26)21-5-6-21/h2-4,7-10,13-14,16-17,19,21H,5-6,11-12,18H2,1H3,(H,32,34)/b22-13+. The SMILES string of the molecule is CC1CN(C(=O)Nc2ccc(C#N)nc2)CC/C1=C\c1cccc(Oc2ccc(C3CC3)nc2)c1. The number of likely N-dealkylation sites (tertiary alicyclic amines) is 1. The van der Waals surface area contributed by atoms with Gasteiger partial charge >= 0.3 is 6.03 Å². The Morgan fingerprint density at radius 3 is 2.71 bits per heavy atom. The molecule has 5 rings (SSSR count). The van der Waals surface area contributed by atoms with Gasteiger partial charge in [0, 0.05) is 24.7 Å². The summed E-state index contributed by atoms with van der Waals surface area (Å²) in [6.45, 7) is 3.42. The van der Waals surface area contributed by atoms with Crippen LogP contribution in [0.3, 0.4) is 0 Å². The fraction of sp³-hybridized carbons (Fsp3) is 0.286. The van der Waals surface area contributed by atoms with Crippen LogP contribution in [0.5, 0.6) is 11.5 Å². The lowest BCUT2D eigenvalue weighted by molar-refractivity contribution is 0.198. The van der Waals surface area contributed by atoms with Gasteiger partial charge in [-0.05, 0) is 67.1 Å². The number of hydrogen-bond acceptors (Lipinski definition) is 5. The summed E-state index contributed by atoms with van der Waals surface area (Å²) in [7, 11) is 0. The minimum Gasteiger partial charge on any atom is -0.456 e. The van der Waals surface area contributed by atoms with Gasteiger partial charge in [0.05, 0.1) is 18.1 Å². The molecule has 176 valence electrons. The van der Waals surface area contributed by atoms with Crippen LogP contribution in [0.1, 0.15) is 49.1 Å². The van der Waals surface area contributed by atoms with Gasteiger partial charge in [0.1, 0.15) is 23.3 Å². The molecule has 2 aromatic heterocycles. The van der Waals surface area contributed by atoms with Gasteiger partial charge in [0.2, 0.25) is 0 Å². The Morgan fingerprint density at radius 2 is 2.03 bits per heavy atom. The van der Waals surface area contributed by atoms with E-state index in [2.05, 4.69) is 40.4 Å². The number of pyridine rings is 2.